The molecular weight excluding hydrogens is 1330 g/mol. The Kier molecular flexibility index (Phi) is 15.4. The van der Waals surface area contributed by atoms with Crippen LogP contribution in [0.4, 0.5) is 34.1 Å². The molecule has 16 aromatic rings. The van der Waals surface area contributed by atoms with Crippen LogP contribution < -0.4 is 26.2 Å². The second kappa shape index (κ2) is 24.7. The van der Waals surface area contributed by atoms with Crippen molar-refractivity contribution in [2.45, 2.75) is 136 Å². The normalized spacial score (nSPS) is 14.0. The van der Waals surface area contributed by atoms with Gasteiger partial charge in [0, 0.05) is 66.8 Å². The van der Waals surface area contributed by atoms with Crippen molar-refractivity contribution in [2.24, 2.45) is 0 Å². The third-order valence-electron chi connectivity index (χ3n) is 24.5. The van der Waals surface area contributed by atoms with Crippen LogP contribution in [0.3, 0.4) is 0 Å². The first-order valence-corrected chi connectivity index (χ1v) is 39.6. The standard InChI is InChI=1S/C105H95BN4/c1-100(2,3)70-44-52-90(79(56-70)66-32-20-16-21-33-66)109-95-62-75(107-92-54-46-72(102(7,8)9)58-82(92)83-59-73(103(10,11)12)47-55-93(83)107)48-50-87(95)106-88-51-49-76(63-96(88)110(98-61-74(104(13,14)15)60-97(109)99(98)106)91-53-45-71(101(4,5)6)57-80(91)67-34-22-17-23-35-67)108-89-43-31-29-41-78(89)84-64-81-77-40-28-30-42-85(77)105(86(81)65-94(84)108,68-36-24-18-25-37-68)69-38-26-19-27-39-69/h16-65H,1-15H3. The summed E-state index contributed by atoms with van der Waals surface area (Å²) in [6.45, 7) is 35.1. The van der Waals surface area contributed by atoms with Crippen LogP contribution in [0, 0.1) is 0 Å². The summed E-state index contributed by atoms with van der Waals surface area (Å²) in [4.78, 5) is 5.39. The molecule has 0 N–H and O–H groups in total. The first-order valence-electron chi connectivity index (χ1n) is 39.6. The van der Waals surface area contributed by atoms with Gasteiger partial charge in [-0.2, -0.15) is 0 Å². The molecule has 0 saturated carbocycles. The van der Waals surface area contributed by atoms with Gasteiger partial charge in [-0.15, -0.1) is 0 Å². The fraction of sp³-hybridized carbons (Fsp3) is 0.200. The zero-order valence-electron chi connectivity index (χ0n) is 66.2. The zero-order valence-corrected chi connectivity index (χ0v) is 66.2. The van der Waals surface area contributed by atoms with E-state index in [2.05, 4.69) is 426 Å². The molecule has 0 radical (unpaired) electrons. The minimum absolute atomic E-state index is 0.0474. The number of para-hydroxylation sites is 1. The average molecular weight is 1420 g/mol. The van der Waals surface area contributed by atoms with Crippen molar-refractivity contribution in [2.75, 3.05) is 9.80 Å². The number of aromatic nitrogens is 2. The molecule has 4 nitrogen and oxygen atoms in total. The van der Waals surface area contributed by atoms with E-state index in [9.17, 15) is 0 Å². The van der Waals surface area contributed by atoms with Crippen LogP contribution in [0.15, 0.2) is 303 Å². The Morgan fingerprint density at radius 1 is 0.245 bits per heavy atom. The molecule has 538 valence electrons. The Labute approximate surface area is 650 Å². The quantitative estimate of drug-likeness (QED) is 0.141. The van der Waals surface area contributed by atoms with E-state index in [4.69, 9.17) is 0 Å². The molecule has 0 saturated heterocycles. The Bertz CT molecular complexity index is 6300. The van der Waals surface area contributed by atoms with Gasteiger partial charge >= 0.3 is 0 Å². The van der Waals surface area contributed by atoms with Crippen molar-refractivity contribution >= 4 is 101 Å². The maximum absolute atomic E-state index is 2.70. The molecule has 0 atom stereocenters. The van der Waals surface area contributed by atoms with E-state index < -0.39 is 5.41 Å². The average Bonchev–Trinajstić information content (AvgIpc) is 1.02. The highest BCUT2D eigenvalue weighted by Gasteiger charge is 2.49. The first-order chi connectivity index (χ1) is 52.7. The predicted octanol–water partition coefficient (Wildman–Crippen LogP) is 26.1. The van der Waals surface area contributed by atoms with Crippen LogP contribution in [0.25, 0.3) is 88.4 Å². The molecule has 0 unspecified atom stereocenters. The second-order valence-electron chi connectivity index (χ2n) is 36.6. The fourth-order valence-electron chi connectivity index (χ4n) is 18.7. The minimum Gasteiger partial charge on any atom is -0.311 e. The van der Waals surface area contributed by atoms with Crippen molar-refractivity contribution in [3.63, 3.8) is 0 Å². The van der Waals surface area contributed by atoms with E-state index in [1.165, 1.54) is 149 Å². The van der Waals surface area contributed by atoms with Crippen LogP contribution in [-0.2, 0) is 32.5 Å². The smallest absolute Gasteiger partial charge is 0.252 e. The Hall–Kier alpha value is -11.7. The molecular formula is C105H95BN4. The molecule has 14 aromatic carbocycles. The van der Waals surface area contributed by atoms with Crippen LogP contribution in [0.5, 0.6) is 0 Å². The Balaban J connectivity index is 0.939. The third-order valence-corrected chi connectivity index (χ3v) is 24.5. The number of nitrogens with zero attached hydrogens (tertiary/aromatic N) is 4. The molecule has 0 fully saturated rings. The SMILES string of the molecule is CC(C)(C)c1ccc(N2c3cc(-n4c5ccc(C(C)(C)C)cc5c5cc(C(C)(C)C)ccc54)ccc3B3c4ccc(-n5c6ccccc6c6cc7c(cc65)C(c5ccccc5)(c5ccccc5)c5ccccc5-7)cc4N(c4ccc(C(C)(C)C)cc4-c4ccccc4)c4cc(C(C)(C)C)cc2c43)c(-c2ccccc2)c1. The maximum atomic E-state index is 2.70. The van der Waals surface area contributed by atoms with E-state index in [0.717, 1.165) is 39.6 Å². The molecule has 0 amide bonds. The van der Waals surface area contributed by atoms with Crippen LogP contribution in [0.2, 0.25) is 0 Å². The highest BCUT2D eigenvalue weighted by Crippen LogP contribution is 2.59. The van der Waals surface area contributed by atoms with Gasteiger partial charge in [-0.05, 0) is 219 Å². The molecule has 4 heterocycles. The van der Waals surface area contributed by atoms with E-state index in [0.29, 0.717) is 0 Å². The summed E-state index contributed by atoms with van der Waals surface area (Å²) in [7, 11) is 0. The number of anilines is 6. The summed E-state index contributed by atoms with van der Waals surface area (Å²) in [6.07, 6.45) is 0. The van der Waals surface area contributed by atoms with E-state index in [-0.39, 0.29) is 33.8 Å². The Morgan fingerprint density at radius 2 is 0.636 bits per heavy atom. The van der Waals surface area contributed by atoms with Crippen LogP contribution in [0.1, 0.15) is 154 Å². The molecule has 19 rings (SSSR count). The van der Waals surface area contributed by atoms with Gasteiger partial charge in [0.2, 0.25) is 0 Å². The molecule has 0 bridgehead atoms. The number of benzene rings is 14. The van der Waals surface area contributed by atoms with Gasteiger partial charge in [0.25, 0.3) is 6.71 Å². The summed E-state index contributed by atoms with van der Waals surface area (Å²) in [5, 5.41) is 4.99. The highest BCUT2D eigenvalue weighted by atomic mass is 15.2. The number of fused-ring (bicyclic) bond motifs is 13. The lowest BCUT2D eigenvalue weighted by Gasteiger charge is -2.46. The lowest BCUT2D eigenvalue weighted by atomic mass is 9.33. The summed E-state index contributed by atoms with van der Waals surface area (Å²) in [5.41, 5.74) is 35.2. The van der Waals surface area contributed by atoms with Gasteiger partial charge in [0.05, 0.1) is 38.9 Å². The van der Waals surface area contributed by atoms with E-state index >= 15 is 0 Å². The number of rotatable bonds is 8. The van der Waals surface area contributed by atoms with Gasteiger partial charge < -0.3 is 18.9 Å². The highest BCUT2D eigenvalue weighted by molar-refractivity contribution is 7.00. The minimum atomic E-state index is -0.596. The van der Waals surface area contributed by atoms with Crippen molar-refractivity contribution in [1.82, 2.24) is 9.13 Å². The van der Waals surface area contributed by atoms with Crippen LogP contribution >= 0.6 is 0 Å². The van der Waals surface area contributed by atoms with Gasteiger partial charge in [-0.1, -0.05) is 304 Å². The number of hydrogen-bond donors (Lipinski definition) is 0. The predicted molar refractivity (Wildman–Crippen MR) is 471 cm³/mol. The molecule has 5 heteroatoms. The molecule has 0 spiro atoms. The lowest BCUT2D eigenvalue weighted by molar-refractivity contribution is 0.590. The largest absolute Gasteiger partial charge is 0.311 e. The molecule has 2 aromatic heterocycles. The van der Waals surface area contributed by atoms with Gasteiger partial charge in [0.15, 0.2) is 0 Å². The number of hydrogen-bond acceptors (Lipinski definition) is 2. The fourth-order valence-corrected chi connectivity index (χ4v) is 18.7. The summed E-state index contributed by atoms with van der Waals surface area (Å²) >= 11 is 0. The molecule has 2 aliphatic heterocycles. The van der Waals surface area contributed by atoms with Gasteiger partial charge in [-0.25, -0.2) is 0 Å². The third kappa shape index (κ3) is 10.7. The van der Waals surface area contributed by atoms with Crippen molar-refractivity contribution < 1.29 is 0 Å². The summed E-state index contributed by atoms with van der Waals surface area (Å²) in [6, 6.07) is 118. The zero-order chi connectivity index (χ0) is 75.9. The topological polar surface area (TPSA) is 16.3 Å². The molecule has 110 heavy (non-hydrogen) atoms. The van der Waals surface area contributed by atoms with Gasteiger partial charge in [-0.3, -0.25) is 0 Å². The molecule has 1 aliphatic carbocycles. The second-order valence-corrected chi connectivity index (χ2v) is 36.6. The summed E-state index contributed by atoms with van der Waals surface area (Å²) in [5.74, 6) is 0. The first kappa shape index (κ1) is 68.8. The van der Waals surface area contributed by atoms with Gasteiger partial charge in [0.1, 0.15) is 0 Å². The van der Waals surface area contributed by atoms with E-state index in [1.807, 2.05) is 0 Å². The Morgan fingerprint density at radius 3 is 1.11 bits per heavy atom. The van der Waals surface area contributed by atoms with Crippen molar-refractivity contribution in [3.05, 3.63) is 353 Å². The van der Waals surface area contributed by atoms with Crippen molar-refractivity contribution in [3.8, 4) is 44.8 Å². The lowest BCUT2D eigenvalue weighted by Crippen LogP contribution is -2.61. The summed E-state index contributed by atoms with van der Waals surface area (Å²) < 4.78 is 5.16. The van der Waals surface area contributed by atoms with Crippen molar-refractivity contribution in [1.29, 1.82) is 0 Å². The van der Waals surface area contributed by atoms with E-state index in [1.54, 1.807) is 0 Å². The van der Waals surface area contributed by atoms with Crippen LogP contribution in [-0.4, -0.2) is 15.8 Å². The molecule has 3 aliphatic rings. The monoisotopic (exact) mass is 1420 g/mol. The maximum Gasteiger partial charge on any atom is 0.252 e.